The van der Waals surface area contributed by atoms with Gasteiger partial charge >= 0.3 is 0 Å². The lowest BCUT2D eigenvalue weighted by Gasteiger charge is -2.38. The van der Waals surface area contributed by atoms with E-state index >= 15 is 0 Å². The van der Waals surface area contributed by atoms with E-state index in [9.17, 15) is 14.7 Å². The van der Waals surface area contributed by atoms with Crippen LogP contribution in [0.2, 0.25) is 0 Å². The maximum atomic E-state index is 12.4. The van der Waals surface area contributed by atoms with E-state index in [2.05, 4.69) is 15.5 Å². The number of nitrogens with zero attached hydrogens (tertiary/aromatic N) is 1. The fourth-order valence-corrected chi connectivity index (χ4v) is 5.61. The van der Waals surface area contributed by atoms with Gasteiger partial charge in [0.2, 0.25) is 11.8 Å². The number of rotatable bonds is 14. The van der Waals surface area contributed by atoms with Crippen molar-refractivity contribution in [2.24, 2.45) is 0 Å². The van der Waals surface area contributed by atoms with Gasteiger partial charge in [0.05, 0.1) is 25.4 Å². The molecule has 0 aliphatic carbocycles. The molecule has 3 N–H and O–H groups in total. The molecule has 2 saturated heterocycles. The Labute approximate surface area is 243 Å². The van der Waals surface area contributed by atoms with Crippen LogP contribution in [-0.4, -0.2) is 67.3 Å². The molecule has 2 aromatic rings. The lowest BCUT2D eigenvalue weighted by atomic mass is 9.99. The number of carbonyl (C=O) groups excluding carboxylic acids is 2. The number of hydrogen-bond donors (Lipinski definition) is 3. The molecule has 2 aliphatic heterocycles. The number of hydrogen-bond acceptors (Lipinski definition) is 7. The summed E-state index contributed by atoms with van der Waals surface area (Å²) in [6.07, 6.45) is 5.32. The Morgan fingerprint density at radius 2 is 1.78 bits per heavy atom. The molecule has 9 nitrogen and oxygen atoms in total. The lowest BCUT2D eigenvalue weighted by Crippen LogP contribution is -2.42. The molecule has 41 heavy (non-hydrogen) atoms. The number of methoxy groups -OCH3 is 1. The summed E-state index contributed by atoms with van der Waals surface area (Å²) in [5, 5.41) is 15.2. The van der Waals surface area contributed by atoms with Gasteiger partial charge in [-0.05, 0) is 55.5 Å². The van der Waals surface area contributed by atoms with Crippen LogP contribution in [0, 0.1) is 0 Å². The lowest BCUT2D eigenvalue weighted by molar-refractivity contribution is -0.253. The van der Waals surface area contributed by atoms with Crippen molar-refractivity contribution in [3.05, 3.63) is 65.2 Å². The molecule has 2 aliphatic rings. The van der Waals surface area contributed by atoms with Crippen molar-refractivity contribution in [3.8, 4) is 0 Å². The molecule has 2 aromatic carbocycles. The van der Waals surface area contributed by atoms with Crippen molar-refractivity contribution in [1.82, 2.24) is 10.2 Å². The number of amides is 2. The Morgan fingerprint density at radius 3 is 2.49 bits per heavy atom. The quantitative estimate of drug-likeness (QED) is 0.289. The van der Waals surface area contributed by atoms with Gasteiger partial charge in [0.15, 0.2) is 6.29 Å². The van der Waals surface area contributed by atoms with Crippen LogP contribution in [0.5, 0.6) is 0 Å². The molecule has 0 unspecified atom stereocenters. The summed E-state index contributed by atoms with van der Waals surface area (Å²) in [6.45, 7) is 4.75. The molecule has 2 heterocycles. The van der Waals surface area contributed by atoms with Crippen LogP contribution in [0.25, 0.3) is 0 Å². The smallest absolute Gasteiger partial charge is 0.224 e. The van der Waals surface area contributed by atoms with E-state index < -0.39 is 6.29 Å². The van der Waals surface area contributed by atoms with Crippen molar-refractivity contribution < 1.29 is 28.9 Å². The number of benzene rings is 2. The van der Waals surface area contributed by atoms with Gasteiger partial charge in [-0.2, -0.15) is 0 Å². The third-order valence-electron chi connectivity index (χ3n) is 7.83. The fourth-order valence-electron chi connectivity index (χ4n) is 5.61. The molecule has 2 amide bonds. The van der Waals surface area contributed by atoms with Crippen molar-refractivity contribution in [2.75, 3.05) is 38.7 Å². The maximum absolute atomic E-state index is 12.4. The monoisotopic (exact) mass is 567 g/mol. The highest BCUT2D eigenvalue weighted by atomic mass is 16.7. The van der Waals surface area contributed by atoms with Crippen molar-refractivity contribution >= 4 is 17.5 Å². The number of nitrogens with one attached hydrogen (secondary N) is 2. The summed E-state index contributed by atoms with van der Waals surface area (Å²) in [6, 6.07) is 16.0. The summed E-state index contributed by atoms with van der Waals surface area (Å²) in [4.78, 5) is 25.8. The zero-order valence-corrected chi connectivity index (χ0v) is 24.3. The molecule has 224 valence electrons. The SMILES string of the molecule is COC[C@@H]1CCCN1C[C@@H]1C[C@H](c2ccc(CO)cc2)O[C@H](c2ccc(NC(=O)CCCCCNC(C)=O)cc2)O1. The second kappa shape index (κ2) is 16.0. The van der Waals surface area contributed by atoms with Crippen molar-refractivity contribution in [3.63, 3.8) is 0 Å². The van der Waals surface area contributed by atoms with Gasteiger partial charge in [0.1, 0.15) is 0 Å². The highest BCUT2D eigenvalue weighted by molar-refractivity contribution is 5.90. The van der Waals surface area contributed by atoms with Gasteiger partial charge in [-0.15, -0.1) is 0 Å². The largest absolute Gasteiger partial charge is 0.392 e. The molecule has 2 fully saturated rings. The average Bonchev–Trinajstić information content (AvgIpc) is 3.41. The Kier molecular flexibility index (Phi) is 12.1. The normalized spacial score (nSPS) is 22.9. The van der Waals surface area contributed by atoms with Crippen LogP contribution in [0.1, 0.15) is 81.0 Å². The zero-order chi connectivity index (χ0) is 29.0. The van der Waals surface area contributed by atoms with Gasteiger partial charge in [0.25, 0.3) is 0 Å². The van der Waals surface area contributed by atoms with Crippen LogP contribution >= 0.6 is 0 Å². The van der Waals surface area contributed by atoms with E-state index in [-0.39, 0.29) is 30.6 Å². The van der Waals surface area contributed by atoms with Gasteiger partial charge < -0.3 is 30.0 Å². The second-order valence-corrected chi connectivity index (χ2v) is 11.1. The Balaban J connectivity index is 1.37. The third kappa shape index (κ3) is 9.61. The molecule has 0 bridgehead atoms. The molecule has 0 spiro atoms. The summed E-state index contributed by atoms with van der Waals surface area (Å²) in [7, 11) is 1.76. The molecular weight excluding hydrogens is 522 g/mol. The minimum atomic E-state index is -0.534. The number of aliphatic hydroxyl groups is 1. The number of anilines is 1. The van der Waals surface area contributed by atoms with Crippen LogP contribution < -0.4 is 10.6 Å². The molecule has 4 atom stereocenters. The minimum Gasteiger partial charge on any atom is -0.392 e. The second-order valence-electron chi connectivity index (χ2n) is 11.1. The van der Waals surface area contributed by atoms with Crippen LogP contribution in [0.3, 0.4) is 0 Å². The number of unbranched alkanes of at least 4 members (excludes halogenated alkanes) is 2. The van der Waals surface area contributed by atoms with Gasteiger partial charge in [-0.25, -0.2) is 0 Å². The number of ether oxygens (including phenoxy) is 3. The summed E-state index contributed by atoms with van der Waals surface area (Å²) < 4.78 is 18.5. The van der Waals surface area contributed by atoms with Crippen LogP contribution in [0.4, 0.5) is 5.69 Å². The first-order chi connectivity index (χ1) is 19.9. The highest BCUT2D eigenvalue weighted by Gasteiger charge is 2.35. The maximum Gasteiger partial charge on any atom is 0.224 e. The first-order valence-corrected chi connectivity index (χ1v) is 14.8. The first kappa shape index (κ1) is 31.1. The van der Waals surface area contributed by atoms with E-state index in [1.54, 1.807) is 7.11 Å². The molecular formula is C32H45N3O6. The predicted octanol–water partition coefficient (Wildman–Crippen LogP) is 4.47. The van der Waals surface area contributed by atoms with E-state index in [4.69, 9.17) is 14.2 Å². The Morgan fingerprint density at radius 1 is 1.02 bits per heavy atom. The molecule has 0 aromatic heterocycles. The van der Waals surface area contributed by atoms with Crippen LogP contribution in [0.15, 0.2) is 48.5 Å². The van der Waals surface area contributed by atoms with Gasteiger partial charge in [-0.3, -0.25) is 14.5 Å². The van der Waals surface area contributed by atoms with E-state index in [1.165, 1.54) is 6.92 Å². The van der Waals surface area contributed by atoms with E-state index in [0.717, 1.165) is 80.6 Å². The third-order valence-corrected chi connectivity index (χ3v) is 7.83. The Bertz CT molecular complexity index is 1090. The fraction of sp³-hybridized carbons (Fsp3) is 0.562. The van der Waals surface area contributed by atoms with Crippen molar-refractivity contribution in [1.29, 1.82) is 0 Å². The summed E-state index contributed by atoms with van der Waals surface area (Å²) in [5.74, 6) is -0.0506. The van der Waals surface area contributed by atoms with E-state index in [1.807, 2.05) is 48.5 Å². The van der Waals surface area contributed by atoms with Gasteiger partial charge in [-0.1, -0.05) is 42.8 Å². The molecule has 4 rings (SSSR count). The van der Waals surface area contributed by atoms with Gasteiger partial charge in [0, 0.05) is 57.3 Å². The number of carbonyl (C=O) groups is 2. The van der Waals surface area contributed by atoms with E-state index in [0.29, 0.717) is 19.0 Å². The molecule has 0 saturated carbocycles. The first-order valence-electron chi connectivity index (χ1n) is 14.8. The summed E-state index contributed by atoms with van der Waals surface area (Å²) >= 11 is 0. The summed E-state index contributed by atoms with van der Waals surface area (Å²) in [5.41, 5.74) is 3.57. The minimum absolute atomic E-state index is 0.0114. The van der Waals surface area contributed by atoms with Crippen molar-refractivity contribution in [2.45, 2.75) is 83.0 Å². The highest BCUT2D eigenvalue weighted by Crippen LogP contribution is 2.39. The van der Waals surface area contributed by atoms with Crippen LogP contribution in [-0.2, 0) is 30.4 Å². The number of likely N-dealkylation sites (tertiary alicyclic amines) is 1. The average molecular weight is 568 g/mol. The number of aliphatic hydroxyl groups excluding tert-OH is 1. The zero-order valence-electron chi connectivity index (χ0n) is 24.3. The topological polar surface area (TPSA) is 109 Å². The predicted molar refractivity (Wildman–Crippen MR) is 157 cm³/mol. The Hall–Kier alpha value is -2.82. The molecule has 9 heteroatoms. The molecule has 0 radical (unpaired) electrons. The standard InChI is InChI=1S/C32H45N3O6/c1-23(37)33-17-5-3-4-8-31(38)34-27-15-13-26(14-16-27)32-40-29(20-35-18-6-7-28(35)22-39-2)19-30(41-32)25-11-9-24(21-36)10-12-25/h9-16,28-30,32,36H,3-8,17-22H2,1-2H3,(H,33,37)(H,34,38)/t28-,29-,30+,32+/m0/s1.